The molecule has 0 aromatic carbocycles. The van der Waals surface area contributed by atoms with Crippen LogP contribution in [-0.4, -0.2) is 15.8 Å². The largest absolute Gasteiger partial charge is 0.338 e. The van der Waals surface area contributed by atoms with Gasteiger partial charge in [-0.15, -0.1) is 0 Å². The van der Waals surface area contributed by atoms with Crippen LogP contribution in [0.4, 0.5) is 0 Å². The minimum absolute atomic E-state index is 0.369. The Balaban J connectivity index is 1.68. The highest BCUT2D eigenvalue weighted by molar-refractivity contribution is 5.40. The molecule has 2 atom stereocenters. The number of hydrogen-bond donors (Lipinski definition) is 0. The molecule has 0 saturated carbocycles. The third-order valence-corrected chi connectivity index (χ3v) is 6.72. The second kappa shape index (κ2) is 11.7. The summed E-state index contributed by atoms with van der Waals surface area (Å²) in [5.74, 6) is 0.617. The summed E-state index contributed by atoms with van der Waals surface area (Å²) in [7, 11) is 0. The molecular formula is C32H38N2. The lowest BCUT2D eigenvalue weighted by Gasteiger charge is -2.39. The lowest BCUT2D eigenvalue weighted by molar-refractivity contribution is 0.349. The maximum Gasteiger partial charge on any atom is 0.0556 e. The Morgan fingerprint density at radius 1 is 0.941 bits per heavy atom. The highest BCUT2D eigenvalue weighted by Gasteiger charge is 2.26. The number of nitrogens with zero attached hydrogens (tertiary/aromatic N) is 2. The Morgan fingerprint density at radius 2 is 1.79 bits per heavy atom. The second-order valence-corrected chi connectivity index (χ2v) is 9.27. The van der Waals surface area contributed by atoms with Gasteiger partial charge in [-0.2, -0.15) is 0 Å². The molecule has 2 heteroatoms. The summed E-state index contributed by atoms with van der Waals surface area (Å²) >= 11 is 0. The van der Waals surface area contributed by atoms with Gasteiger partial charge < -0.3 is 9.80 Å². The smallest absolute Gasteiger partial charge is 0.0556 e. The van der Waals surface area contributed by atoms with E-state index in [2.05, 4.69) is 121 Å². The van der Waals surface area contributed by atoms with Gasteiger partial charge in [0.15, 0.2) is 0 Å². The van der Waals surface area contributed by atoms with Crippen LogP contribution in [0.1, 0.15) is 52.4 Å². The summed E-state index contributed by atoms with van der Waals surface area (Å²) in [6.07, 6.45) is 42.2. The molecule has 4 rings (SSSR count). The van der Waals surface area contributed by atoms with Crippen molar-refractivity contribution < 1.29 is 0 Å². The van der Waals surface area contributed by atoms with E-state index in [1.165, 1.54) is 22.8 Å². The zero-order valence-corrected chi connectivity index (χ0v) is 20.7. The van der Waals surface area contributed by atoms with Crippen molar-refractivity contribution in [1.82, 2.24) is 9.80 Å². The standard InChI is InChI=1S/C32H38N2/c1-4-6-13-27(5-2)33(28-14-9-7-10-15-28)31-22-24-32(25-23-31)34(29-16-11-8-12-17-29)30-20-18-26(3)19-21-30/h4-6,8-9,11-16,18,20-22,24,26,29H,2,7,10,17,19,23,25H2,1,3H3/b6-4+,27-13+. The highest BCUT2D eigenvalue weighted by atomic mass is 15.2. The van der Waals surface area contributed by atoms with Crippen molar-refractivity contribution in [3.63, 3.8) is 0 Å². The van der Waals surface area contributed by atoms with Gasteiger partial charge >= 0.3 is 0 Å². The Hall–Kier alpha value is -3.26. The summed E-state index contributed by atoms with van der Waals surface area (Å²) in [5.41, 5.74) is 6.40. The van der Waals surface area contributed by atoms with Crippen LogP contribution in [0.25, 0.3) is 0 Å². The molecule has 0 bridgehead atoms. The van der Waals surface area contributed by atoms with E-state index < -0.39 is 0 Å². The van der Waals surface area contributed by atoms with Gasteiger partial charge in [0.25, 0.3) is 0 Å². The first-order valence-electron chi connectivity index (χ1n) is 12.7. The molecule has 0 aromatic heterocycles. The lowest BCUT2D eigenvalue weighted by atomic mass is 9.96. The van der Waals surface area contributed by atoms with Crippen molar-refractivity contribution in [2.24, 2.45) is 5.92 Å². The molecule has 2 unspecified atom stereocenters. The van der Waals surface area contributed by atoms with Gasteiger partial charge in [0.1, 0.15) is 0 Å². The van der Waals surface area contributed by atoms with E-state index in [9.17, 15) is 0 Å². The van der Waals surface area contributed by atoms with Gasteiger partial charge in [0.2, 0.25) is 0 Å². The van der Waals surface area contributed by atoms with Crippen LogP contribution in [0.5, 0.6) is 0 Å². The first kappa shape index (κ1) is 23.9. The SMILES string of the molecule is C=C/C(=C\C=C\C)N(C1=CCCC=C1)C1=CC=C(N(C2=CCC(C)C=C2)C2C=CC=CC2)CC1. The van der Waals surface area contributed by atoms with Crippen LogP contribution in [0.15, 0.2) is 132 Å². The maximum atomic E-state index is 4.12. The fourth-order valence-corrected chi connectivity index (χ4v) is 4.90. The summed E-state index contributed by atoms with van der Waals surface area (Å²) in [5, 5.41) is 0. The quantitative estimate of drug-likeness (QED) is 0.343. The monoisotopic (exact) mass is 450 g/mol. The van der Waals surface area contributed by atoms with Gasteiger partial charge in [-0.05, 0) is 87.8 Å². The van der Waals surface area contributed by atoms with Gasteiger partial charge in [0.05, 0.1) is 6.04 Å². The average molecular weight is 451 g/mol. The molecule has 0 spiro atoms. The third kappa shape index (κ3) is 5.62. The minimum atomic E-state index is 0.369. The van der Waals surface area contributed by atoms with E-state index in [0.29, 0.717) is 12.0 Å². The van der Waals surface area contributed by atoms with Crippen LogP contribution < -0.4 is 0 Å². The molecule has 2 nitrogen and oxygen atoms in total. The van der Waals surface area contributed by atoms with E-state index in [1.54, 1.807) is 0 Å². The van der Waals surface area contributed by atoms with E-state index >= 15 is 0 Å². The van der Waals surface area contributed by atoms with Gasteiger partial charge in [-0.3, -0.25) is 0 Å². The van der Waals surface area contributed by atoms with Crippen molar-refractivity contribution in [1.29, 1.82) is 0 Å². The Kier molecular flexibility index (Phi) is 8.25. The molecule has 4 aliphatic rings. The Morgan fingerprint density at radius 3 is 2.41 bits per heavy atom. The van der Waals surface area contributed by atoms with Crippen LogP contribution in [0, 0.1) is 5.92 Å². The van der Waals surface area contributed by atoms with Gasteiger partial charge in [-0.25, -0.2) is 0 Å². The maximum absolute atomic E-state index is 4.12. The molecule has 0 aliphatic heterocycles. The highest BCUT2D eigenvalue weighted by Crippen LogP contribution is 2.35. The number of hydrogen-bond acceptors (Lipinski definition) is 2. The molecule has 0 N–H and O–H groups in total. The molecule has 0 amide bonds. The van der Waals surface area contributed by atoms with Crippen molar-refractivity contribution >= 4 is 0 Å². The summed E-state index contributed by atoms with van der Waals surface area (Å²) in [6.45, 7) is 8.46. The zero-order valence-electron chi connectivity index (χ0n) is 20.7. The molecule has 176 valence electrons. The van der Waals surface area contributed by atoms with Crippen LogP contribution >= 0.6 is 0 Å². The minimum Gasteiger partial charge on any atom is -0.338 e. The topological polar surface area (TPSA) is 6.48 Å². The Labute approximate surface area is 206 Å². The molecule has 0 saturated heterocycles. The molecule has 0 aromatic rings. The van der Waals surface area contributed by atoms with Crippen molar-refractivity contribution in [3.8, 4) is 0 Å². The normalized spacial score (nSPS) is 24.5. The van der Waals surface area contributed by atoms with E-state index in [0.717, 1.165) is 44.2 Å². The lowest BCUT2D eigenvalue weighted by Crippen LogP contribution is -2.34. The second-order valence-electron chi connectivity index (χ2n) is 9.27. The van der Waals surface area contributed by atoms with Gasteiger partial charge in [0, 0.05) is 28.5 Å². The summed E-state index contributed by atoms with van der Waals surface area (Å²) in [6, 6.07) is 0.369. The molecule has 34 heavy (non-hydrogen) atoms. The van der Waals surface area contributed by atoms with Crippen LogP contribution in [0.2, 0.25) is 0 Å². The molecular weight excluding hydrogens is 412 g/mol. The number of rotatable bonds is 8. The van der Waals surface area contributed by atoms with E-state index in [4.69, 9.17) is 0 Å². The Bertz CT molecular complexity index is 1060. The first-order chi connectivity index (χ1) is 16.7. The van der Waals surface area contributed by atoms with Crippen LogP contribution in [0.3, 0.4) is 0 Å². The van der Waals surface area contributed by atoms with Crippen molar-refractivity contribution in [2.45, 2.75) is 58.4 Å². The summed E-state index contributed by atoms with van der Waals surface area (Å²) < 4.78 is 0. The average Bonchev–Trinajstić information content (AvgIpc) is 2.89. The molecule has 0 heterocycles. The predicted molar refractivity (Wildman–Crippen MR) is 146 cm³/mol. The van der Waals surface area contributed by atoms with E-state index in [-0.39, 0.29) is 0 Å². The zero-order chi connectivity index (χ0) is 23.8. The first-order valence-corrected chi connectivity index (χ1v) is 12.7. The van der Waals surface area contributed by atoms with Gasteiger partial charge in [-0.1, -0.05) is 74.3 Å². The predicted octanol–water partition coefficient (Wildman–Crippen LogP) is 8.40. The fourth-order valence-electron chi connectivity index (χ4n) is 4.90. The van der Waals surface area contributed by atoms with Crippen molar-refractivity contribution in [2.75, 3.05) is 0 Å². The summed E-state index contributed by atoms with van der Waals surface area (Å²) in [4.78, 5) is 4.94. The molecule has 0 radical (unpaired) electrons. The fraction of sp³-hybridized carbons (Fsp3) is 0.312. The van der Waals surface area contributed by atoms with Crippen molar-refractivity contribution in [3.05, 3.63) is 132 Å². The molecule has 4 aliphatic carbocycles. The third-order valence-electron chi connectivity index (χ3n) is 6.72. The number of allylic oxidation sites excluding steroid dienone is 16. The van der Waals surface area contributed by atoms with E-state index in [1.807, 2.05) is 6.08 Å². The van der Waals surface area contributed by atoms with Crippen LogP contribution in [-0.2, 0) is 0 Å². The molecule has 0 fully saturated rings.